The number of ether oxygens (including phenoxy) is 2. The molecule has 1 N–H and O–H groups in total. The predicted octanol–water partition coefficient (Wildman–Crippen LogP) is 4.57. The number of hydrogen-bond acceptors (Lipinski definition) is 4. The van der Waals surface area contributed by atoms with Gasteiger partial charge in [-0.2, -0.15) is 0 Å². The maximum Gasteiger partial charge on any atom is 0.256 e. The normalized spacial score (nSPS) is 10.9. The molecule has 5 nitrogen and oxygen atoms in total. The lowest BCUT2D eigenvalue weighted by atomic mass is 10.0. The fraction of sp³-hybridized carbons (Fsp3) is 0.125. The molecule has 0 spiro atoms. The number of methoxy groups -OCH3 is 2. The molecule has 8 heteroatoms. The number of nitrogens with zero attached hydrogens (tertiary/aromatic N) is 1. The van der Waals surface area contributed by atoms with Crippen LogP contribution in [0.4, 0.5) is 0 Å². The molecule has 0 amide bonds. The molecule has 1 aromatic carbocycles. The van der Waals surface area contributed by atoms with Gasteiger partial charge in [-0.15, -0.1) is 0 Å². The Bertz CT molecular complexity index is 974. The number of pyridine rings is 2. The summed E-state index contributed by atoms with van der Waals surface area (Å²) in [7, 11) is 2.93. The van der Waals surface area contributed by atoms with Gasteiger partial charge in [0, 0.05) is 23.2 Å². The van der Waals surface area contributed by atoms with Crippen molar-refractivity contribution in [2.24, 2.45) is 0 Å². The summed E-state index contributed by atoms with van der Waals surface area (Å²) in [5, 5.41) is 1.40. The Morgan fingerprint density at radius 3 is 2.21 bits per heavy atom. The smallest absolute Gasteiger partial charge is 0.256 e. The molecule has 0 aliphatic rings. The van der Waals surface area contributed by atoms with Gasteiger partial charge in [0.25, 0.3) is 5.56 Å². The van der Waals surface area contributed by atoms with Crippen molar-refractivity contribution >= 4 is 45.7 Å². The van der Waals surface area contributed by atoms with Crippen LogP contribution in [0, 0.1) is 0 Å². The van der Waals surface area contributed by atoms with Crippen LogP contribution in [0.1, 0.15) is 0 Å². The van der Waals surface area contributed by atoms with Gasteiger partial charge in [-0.05, 0) is 12.1 Å². The highest BCUT2D eigenvalue weighted by molar-refractivity contribution is 6.41. The van der Waals surface area contributed by atoms with Gasteiger partial charge in [-0.3, -0.25) is 4.79 Å². The lowest BCUT2D eigenvalue weighted by Crippen LogP contribution is -2.10. The van der Waals surface area contributed by atoms with Crippen molar-refractivity contribution in [3.05, 3.63) is 49.9 Å². The monoisotopic (exact) mass is 384 g/mol. The second-order valence-electron chi connectivity index (χ2n) is 4.89. The molecular formula is C16H11Cl3N2O3. The minimum Gasteiger partial charge on any atom is -0.495 e. The van der Waals surface area contributed by atoms with Crippen LogP contribution in [0.5, 0.6) is 11.5 Å². The number of fused-ring (bicyclic) bond motifs is 1. The number of H-pyrrole nitrogens is 1. The zero-order valence-corrected chi connectivity index (χ0v) is 14.9. The third-order valence-electron chi connectivity index (χ3n) is 3.54. The highest BCUT2D eigenvalue weighted by Crippen LogP contribution is 2.45. The summed E-state index contributed by atoms with van der Waals surface area (Å²) in [4.78, 5) is 19.3. The summed E-state index contributed by atoms with van der Waals surface area (Å²) >= 11 is 18.6. The molecule has 0 atom stereocenters. The minimum absolute atomic E-state index is 0.218. The van der Waals surface area contributed by atoms with E-state index >= 15 is 0 Å². The number of aromatic amines is 1. The van der Waals surface area contributed by atoms with Crippen molar-refractivity contribution in [3.8, 4) is 22.6 Å². The van der Waals surface area contributed by atoms with Crippen LogP contribution in [-0.2, 0) is 0 Å². The number of halogens is 3. The van der Waals surface area contributed by atoms with Crippen LogP contribution >= 0.6 is 34.8 Å². The van der Waals surface area contributed by atoms with E-state index in [4.69, 9.17) is 44.3 Å². The Hall–Kier alpha value is -1.95. The number of nitrogens with one attached hydrogen (secondary N) is 1. The Balaban J connectivity index is 2.37. The summed E-state index contributed by atoms with van der Waals surface area (Å²) in [5.74, 6) is 0.697. The molecule has 2 heterocycles. The van der Waals surface area contributed by atoms with Gasteiger partial charge in [-0.25, -0.2) is 4.98 Å². The van der Waals surface area contributed by atoms with Crippen LogP contribution in [0.2, 0.25) is 15.2 Å². The molecule has 0 aliphatic heterocycles. The largest absolute Gasteiger partial charge is 0.495 e. The van der Waals surface area contributed by atoms with Crippen molar-refractivity contribution < 1.29 is 9.47 Å². The lowest BCUT2D eigenvalue weighted by molar-refractivity contribution is 0.395. The number of benzene rings is 1. The van der Waals surface area contributed by atoms with E-state index < -0.39 is 0 Å². The predicted molar refractivity (Wildman–Crippen MR) is 95.9 cm³/mol. The van der Waals surface area contributed by atoms with E-state index in [0.717, 1.165) is 0 Å². The highest BCUT2D eigenvalue weighted by atomic mass is 35.5. The van der Waals surface area contributed by atoms with Crippen LogP contribution in [0.25, 0.3) is 22.0 Å². The maximum absolute atomic E-state index is 12.5. The third kappa shape index (κ3) is 2.79. The van der Waals surface area contributed by atoms with Crippen molar-refractivity contribution in [1.82, 2.24) is 9.97 Å². The first-order valence-electron chi connectivity index (χ1n) is 6.75. The molecule has 124 valence electrons. The first kappa shape index (κ1) is 16.9. The average Bonchev–Trinajstić information content (AvgIpc) is 2.55. The van der Waals surface area contributed by atoms with E-state index in [-0.39, 0.29) is 26.3 Å². The van der Waals surface area contributed by atoms with Gasteiger partial charge in [0.2, 0.25) is 0 Å². The van der Waals surface area contributed by atoms with Gasteiger partial charge in [-0.1, -0.05) is 34.8 Å². The Morgan fingerprint density at radius 2 is 1.62 bits per heavy atom. The fourth-order valence-electron chi connectivity index (χ4n) is 2.38. The van der Waals surface area contributed by atoms with E-state index in [1.807, 2.05) is 0 Å². The zero-order valence-electron chi connectivity index (χ0n) is 12.6. The Kier molecular flexibility index (Phi) is 4.58. The molecule has 2 aromatic heterocycles. The van der Waals surface area contributed by atoms with Crippen molar-refractivity contribution in [1.29, 1.82) is 0 Å². The summed E-state index contributed by atoms with van der Waals surface area (Å²) in [6, 6.07) is 4.77. The fourth-order valence-corrected chi connectivity index (χ4v) is 3.24. The van der Waals surface area contributed by atoms with Crippen molar-refractivity contribution in [3.63, 3.8) is 0 Å². The van der Waals surface area contributed by atoms with E-state index in [9.17, 15) is 4.79 Å². The van der Waals surface area contributed by atoms with E-state index in [2.05, 4.69) is 9.97 Å². The molecule has 0 saturated carbocycles. The molecular weight excluding hydrogens is 375 g/mol. The third-order valence-corrected chi connectivity index (χ3v) is 4.49. The quantitative estimate of drug-likeness (QED) is 0.671. The van der Waals surface area contributed by atoms with E-state index in [0.29, 0.717) is 28.0 Å². The number of hydrogen-bond donors (Lipinski definition) is 1. The highest BCUT2D eigenvalue weighted by Gasteiger charge is 2.21. The van der Waals surface area contributed by atoms with Crippen molar-refractivity contribution in [2.45, 2.75) is 0 Å². The van der Waals surface area contributed by atoms with Gasteiger partial charge in [0.15, 0.2) is 0 Å². The van der Waals surface area contributed by atoms with E-state index in [1.54, 1.807) is 24.4 Å². The zero-order chi connectivity index (χ0) is 17.4. The first-order valence-corrected chi connectivity index (χ1v) is 7.88. The van der Waals surface area contributed by atoms with Crippen LogP contribution in [0.3, 0.4) is 0 Å². The van der Waals surface area contributed by atoms with Gasteiger partial charge in [0.1, 0.15) is 16.7 Å². The van der Waals surface area contributed by atoms with Crippen molar-refractivity contribution in [2.75, 3.05) is 14.2 Å². The second-order valence-corrected chi connectivity index (χ2v) is 6.03. The molecule has 0 radical (unpaired) electrons. The minimum atomic E-state index is -0.371. The van der Waals surface area contributed by atoms with Gasteiger partial charge >= 0.3 is 0 Å². The summed E-state index contributed by atoms with van der Waals surface area (Å²) < 4.78 is 10.5. The number of rotatable bonds is 3. The van der Waals surface area contributed by atoms with Crippen LogP contribution in [-0.4, -0.2) is 24.2 Å². The molecule has 0 saturated heterocycles. The summed E-state index contributed by atoms with van der Waals surface area (Å²) in [5.41, 5.74) is 0.793. The van der Waals surface area contributed by atoms with Gasteiger partial charge in [0.05, 0.1) is 35.3 Å². The lowest BCUT2D eigenvalue weighted by Gasteiger charge is -2.14. The summed E-state index contributed by atoms with van der Waals surface area (Å²) in [6.07, 6.45) is 1.55. The van der Waals surface area contributed by atoms with Crippen LogP contribution in [0.15, 0.2) is 29.2 Å². The van der Waals surface area contributed by atoms with Gasteiger partial charge < -0.3 is 14.5 Å². The molecule has 0 fully saturated rings. The molecule has 0 unspecified atom stereocenters. The topological polar surface area (TPSA) is 64.2 Å². The Morgan fingerprint density at radius 1 is 1.00 bits per heavy atom. The first-order chi connectivity index (χ1) is 11.5. The Labute approximate surface area is 152 Å². The molecule has 24 heavy (non-hydrogen) atoms. The molecule has 3 aromatic rings. The second kappa shape index (κ2) is 6.51. The molecule has 3 rings (SSSR count). The molecule has 0 aliphatic carbocycles. The van der Waals surface area contributed by atoms with E-state index in [1.165, 1.54) is 14.2 Å². The summed E-state index contributed by atoms with van der Waals surface area (Å²) in [6.45, 7) is 0. The van der Waals surface area contributed by atoms with Crippen LogP contribution < -0.4 is 15.0 Å². The SMILES string of the molecule is COc1cc(OC)c(Cl)c(-c2cc3cnc(Cl)cc3[nH]c2=O)c1Cl. The maximum atomic E-state index is 12.5. The molecule has 0 bridgehead atoms. The average molecular weight is 386 g/mol. The standard InChI is InChI=1S/C16H11Cl3N2O3/c1-23-10-5-11(24-2)15(19)13(14(10)18)8-3-7-6-20-12(17)4-9(7)21-16(8)22/h3-6H,1-2H3,(H,21,22). The number of aromatic nitrogens is 2.